The summed E-state index contributed by atoms with van der Waals surface area (Å²) in [5.74, 6) is 0.670. The number of rotatable bonds is 4. The Morgan fingerprint density at radius 3 is 2.21 bits per heavy atom. The second-order valence-corrected chi connectivity index (χ2v) is 10.3. The molecule has 1 saturated heterocycles. The van der Waals surface area contributed by atoms with Gasteiger partial charge in [0.2, 0.25) is 10.0 Å². The quantitative estimate of drug-likeness (QED) is 0.569. The Balaban J connectivity index is 1.32. The van der Waals surface area contributed by atoms with Crippen molar-refractivity contribution in [1.82, 2.24) is 23.8 Å². The van der Waals surface area contributed by atoms with Crippen molar-refractivity contribution in [2.24, 2.45) is 0 Å². The van der Waals surface area contributed by atoms with Crippen molar-refractivity contribution in [1.29, 1.82) is 0 Å². The van der Waals surface area contributed by atoms with Crippen LogP contribution in [0, 0.1) is 0 Å². The summed E-state index contributed by atoms with van der Waals surface area (Å²) in [4.78, 5) is 15.2. The molecule has 0 amide bonds. The van der Waals surface area contributed by atoms with Gasteiger partial charge in [-0.25, -0.2) is 23.4 Å². The van der Waals surface area contributed by atoms with Crippen molar-refractivity contribution in [3.8, 4) is 0 Å². The number of sulfonamides is 1. The van der Waals surface area contributed by atoms with E-state index in [0.29, 0.717) is 30.5 Å². The molecule has 1 aliphatic heterocycles. The lowest BCUT2D eigenvalue weighted by atomic mass is 10.2. The standard InChI is InChI=1S/C21H23F3N6O2S/c22-21(23,24)15-5-7-17(8-6-15)33(31,32)29-11-9-28(10-12-29)19-18-20(26-13-25-19)30(14-27-18)16-3-1-2-4-16/h5-8,13-14,16H,1-4,9-12H2. The highest BCUT2D eigenvalue weighted by molar-refractivity contribution is 7.89. The number of halogens is 3. The van der Waals surface area contributed by atoms with E-state index in [1.165, 1.54) is 23.5 Å². The Labute approximate surface area is 189 Å². The first-order chi connectivity index (χ1) is 15.7. The first-order valence-corrected chi connectivity index (χ1v) is 12.3. The third kappa shape index (κ3) is 4.05. The lowest BCUT2D eigenvalue weighted by Gasteiger charge is -2.34. The average Bonchev–Trinajstić information content (AvgIpc) is 3.48. The van der Waals surface area contributed by atoms with Gasteiger partial charge in [-0.1, -0.05) is 12.8 Å². The second kappa shape index (κ2) is 8.24. The molecular weight excluding hydrogens is 457 g/mol. The van der Waals surface area contributed by atoms with E-state index in [9.17, 15) is 21.6 Å². The number of fused-ring (bicyclic) bond motifs is 1. The number of aromatic nitrogens is 4. The Kier molecular flexibility index (Phi) is 5.52. The average molecular weight is 481 g/mol. The van der Waals surface area contributed by atoms with Crippen LogP contribution in [0.25, 0.3) is 11.2 Å². The lowest BCUT2D eigenvalue weighted by Crippen LogP contribution is -2.49. The summed E-state index contributed by atoms with van der Waals surface area (Å²) >= 11 is 0. The summed E-state index contributed by atoms with van der Waals surface area (Å²) in [6.45, 7) is 1.17. The van der Waals surface area contributed by atoms with Crippen LogP contribution in [0.15, 0.2) is 41.8 Å². The van der Waals surface area contributed by atoms with E-state index < -0.39 is 21.8 Å². The number of nitrogens with zero attached hydrogens (tertiary/aromatic N) is 6. The highest BCUT2D eigenvalue weighted by Gasteiger charge is 2.33. The molecule has 0 unspecified atom stereocenters. The van der Waals surface area contributed by atoms with Crippen LogP contribution in [0.4, 0.5) is 19.0 Å². The molecule has 3 aromatic rings. The van der Waals surface area contributed by atoms with E-state index in [4.69, 9.17) is 0 Å². The fourth-order valence-corrected chi connectivity index (χ4v) is 6.05. The van der Waals surface area contributed by atoms with Gasteiger partial charge in [-0.05, 0) is 37.1 Å². The van der Waals surface area contributed by atoms with E-state index >= 15 is 0 Å². The van der Waals surface area contributed by atoms with Crippen LogP contribution in [0.3, 0.4) is 0 Å². The molecule has 33 heavy (non-hydrogen) atoms. The first kappa shape index (κ1) is 22.1. The predicted octanol–water partition coefficient (Wildman–Crippen LogP) is 3.47. The summed E-state index contributed by atoms with van der Waals surface area (Å²) in [5.41, 5.74) is 0.603. The second-order valence-electron chi connectivity index (χ2n) is 8.37. The number of alkyl halides is 3. The minimum atomic E-state index is -4.51. The molecule has 0 spiro atoms. The molecule has 5 rings (SSSR count). The van der Waals surface area contributed by atoms with Gasteiger partial charge in [0.05, 0.1) is 16.8 Å². The number of hydrogen-bond donors (Lipinski definition) is 0. The molecule has 176 valence electrons. The number of piperazine rings is 1. The highest BCUT2D eigenvalue weighted by atomic mass is 32.2. The third-order valence-corrected chi connectivity index (χ3v) is 8.33. The largest absolute Gasteiger partial charge is 0.416 e. The maximum atomic E-state index is 12.9. The minimum absolute atomic E-state index is 0.149. The van der Waals surface area contributed by atoms with Crippen LogP contribution in [-0.4, -0.2) is 58.4 Å². The molecule has 1 saturated carbocycles. The van der Waals surface area contributed by atoms with Crippen LogP contribution in [0.1, 0.15) is 37.3 Å². The normalized spacial score (nSPS) is 18.9. The van der Waals surface area contributed by atoms with Gasteiger partial charge < -0.3 is 9.47 Å². The van der Waals surface area contributed by atoms with Crippen molar-refractivity contribution >= 4 is 27.0 Å². The molecule has 0 N–H and O–H groups in total. The zero-order chi connectivity index (χ0) is 23.2. The van der Waals surface area contributed by atoms with Crippen LogP contribution >= 0.6 is 0 Å². The summed E-state index contributed by atoms with van der Waals surface area (Å²) in [5, 5.41) is 0. The van der Waals surface area contributed by atoms with E-state index in [1.54, 1.807) is 0 Å². The molecule has 12 heteroatoms. The fourth-order valence-electron chi connectivity index (χ4n) is 4.63. The summed E-state index contributed by atoms with van der Waals surface area (Å²) in [7, 11) is -3.89. The van der Waals surface area contributed by atoms with Gasteiger partial charge in [0.1, 0.15) is 6.33 Å². The van der Waals surface area contributed by atoms with Crippen molar-refractivity contribution in [3.05, 3.63) is 42.5 Å². The molecule has 2 aromatic heterocycles. The number of anilines is 1. The van der Waals surface area contributed by atoms with E-state index in [0.717, 1.165) is 42.8 Å². The van der Waals surface area contributed by atoms with Gasteiger partial charge in [-0.15, -0.1) is 0 Å². The van der Waals surface area contributed by atoms with Crippen molar-refractivity contribution in [3.63, 3.8) is 0 Å². The van der Waals surface area contributed by atoms with Gasteiger partial charge >= 0.3 is 6.18 Å². The summed E-state index contributed by atoms with van der Waals surface area (Å²) in [6.07, 6.45) is 3.40. The first-order valence-electron chi connectivity index (χ1n) is 10.8. The molecule has 0 atom stereocenters. The van der Waals surface area contributed by atoms with Crippen molar-refractivity contribution in [2.45, 2.75) is 42.8 Å². The minimum Gasteiger partial charge on any atom is -0.352 e. The number of imidazole rings is 1. The van der Waals surface area contributed by atoms with Gasteiger partial charge in [-0.3, -0.25) is 0 Å². The van der Waals surface area contributed by atoms with Crippen LogP contribution in [-0.2, 0) is 16.2 Å². The van der Waals surface area contributed by atoms with Crippen molar-refractivity contribution < 1.29 is 21.6 Å². The molecule has 0 radical (unpaired) electrons. The van der Waals surface area contributed by atoms with Crippen LogP contribution < -0.4 is 4.90 Å². The van der Waals surface area contributed by atoms with E-state index in [1.807, 2.05) is 11.2 Å². The molecular formula is C21H23F3N6O2S. The molecule has 2 aliphatic rings. The van der Waals surface area contributed by atoms with Gasteiger partial charge in [0.25, 0.3) is 0 Å². The highest BCUT2D eigenvalue weighted by Crippen LogP contribution is 2.33. The zero-order valence-electron chi connectivity index (χ0n) is 17.7. The fraction of sp³-hybridized carbons (Fsp3) is 0.476. The SMILES string of the molecule is O=S(=O)(c1ccc(C(F)(F)F)cc1)N1CCN(c2ncnc3c2ncn3C2CCCC2)CC1. The van der Waals surface area contributed by atoms with Crippen molar-refractivity contribution in [2.75, 3.05) is 31.1 Å². The maximum absolute atomic E-state index is 12.9. The number of benzene rings is 1. The van der Waals surface area contributed by atoms with Gasteiger partial charge in [0, 0.05) is 32.2 Å². The molecule has 3 heterocycles. The van der Waals surface area contributed by atoms with Crippen LogP contribution in [0.5, 0.6) is 0 Å². The Bertz CT molecular complexity index is 1250. The summed E-state index contributed by atoms with van der Waals surface area (Å²) in [6, 6.07) is 3.99. The third-order valence-electron chi connectivity index (χ3n) is 6.42. The molecule has 8 nitrogen and oxygen atoms in total. The van der Waals surface area contributed by atoms with Crippen LogP contribution in [0.2, 0.25) is 0 Å². The van der Waals surface area contributed by atoms with Gasteiger partial charge in [-0.2, -0.15) is 17.5 Å². The van der Waals surface area contributed by atoms with E-state index in [-0.39, 0.29) is 18.0 Å². The number of hydrogen-bond acceptors (Lipinski definition) is 6. The summed E-state index contributed by atoms with van der Waals surface area (Å²) < 4.78 is 67.7. The van der Waals surface area contributed by atoms with Gasteiger partial charge in [0.15, 0.2) is 17.0 Å². The maximum Gasteiger partial charge on any atom is 0.416 e. The smallest absolute Gasteiger partial charge is 0.352 e. The molecule has 2 fully saturated rings. The molecule has 0 bridgehead atoms. The monoisotopic (exact) mass is 480 g/mol. The zero-order valence-corrected chi connectivity index (χ0v) is 18.6. The topological polar surface area (TPSA) is 84.2 Å². The Hall–Kier alpha value is -2.73. The van der Waals surface area contributed by atoms with E-state index in [2.05, 4.69) is 19.5 Å². The molecule has 1 aromatic carbocycles. The lowest BCUT2D eigenvalue weighted by molar-refractivity contribution is -0.137. The predicted molar refractivity (Wildman–Crippen MR) is 115 cm³/mol. The molecule has 1 aliphatic carbocycles. The Morgan fingerprint density at radius 1 is 0.909 bits per heavy atom. The Morgan fingerprint density at radius 2 is 1.58 bits per heavy atom.